The molecule has 4 rings (SSSR count). The van der Waals surface area contributed by atoms with Crippen molar-refractivity contribution < 1.29 is 9.21 Å². The highest BCUT2D eigenvalue weighted by molar-refractivity contribution is 6.08. The SMILES string of the molecule is Cc1ccc(-c2cnc(-c3ccccc3C(=O)Nc3cccnc3)o2)cc1. The highest BCUT2D eigenvalue weighted by Gasteiger charge is 2.17. The second kappa shape index (κ2) is 7.25. The van der Waals surface area contributed by atoms with Gasteiger partial charge >= 0.3 is 0 Å². The van der Waals surface area contributed by atoms with Crippen molar-refractivity contribution in [3.63, 3.8) is 0 Å². The molecule has 1 N–H and O–H groups in total. The maximum absolute atomic E-state index is 12.7. The van der Waals surface area contributed by atoms with Crippen molar-refractivity contribution in [1.29, 1.82) is 0 Å². The van der Waals surface area contributed by atoms with Crippen LogP contribution in [0.5, 0.6) is 0 Å². The maximum atomic E-state index is 12.7. The normalized spacial score (nSPS) is 10.6. The van der Waals surface area contributed by atoms with Crippen LogP contribution in [0, 0.1) is 6.92 Å². The molecule has 27 heavy (non-hydrogen) atoms. The molecule has 5 nitrogen and oxygen atoms in total. The van der Waals surface area contributed by atoms with Gasteiger partial charge in [-0.05, 0) is 31.2 Å². The lowest BCUT2D eigenvalue weighted by molar-refractivity contribution is 0.102. The van der Waals surface area contributed by atoms with Crippen molar-refractivity contribution in [2.45, 2.75) is 6.92 Å². The molecule has 0 saturated carbocycles. The minimum absolute atomic E-state index is 0.242. The number of pyridine rings is 1. The molecule has 5 heteroatoms. The van der Waals surface area contributed by atoms with Crippen molar-refractivity contribution in [3.05, 3.63) is 90.4 Å². The monoisotopic (exact) mass is 355 g/mol. The Bertz CT molecular complexity index is 1070. The third-order valence-electron chi connectivity index (χ3n) is 4.16. The Morgan fingerprint density at radius 1 is 0.963 bits per heavy atom. The summed E-state index contributed by atoms with van der Waals surface area (Å²) in [7, 11) is 0. The lowest BCUT2D eigenvalue weighted by atomic mass is 10.1. The van der Waals surface area contributed by atoms with Gasteiger partial charge in [0.1, 0.15) is 0 Å². The van der Waals surface area contributed by atoms with E-state index in [1.807, 2.05) is 49.4 Å². The van der Waals surface area contributed by atoms with Gasteiger partial charge in [0, 0.05) is 17.3 Å². The Balaban J connectivity index is 1.65. The Kier molecular flexibility index (Phi) is 4.49. The average molecular weight is 355 g/mol. The zero-order valence-corrected chi connectivity index (χ0v) is 14.7. The minimum Gasteiger partial charge on any atom is -0.436 e. The van der Waals surface area contributed by atoms with Gasteiger partial charge in [-0.15, -0.1) is 0 Å². The van der Waals surface area contributed by atoms with Crippen molar-refractivity contribution in [2.24, 2.45) is 0 Å². The standard InChI is InChI=1S/C22H17N3O2/c1-15-8-10-16(11-9-15)20-14-24-22(27-20)19-7-3-2-6-18(19)21(26)25-17-5-4-12-23-13-17/h2-14H,1H3,(H,25,26). The number of hydrogen-bond donors (Lipinski definition) is 1. The first-order valence-electron chi connectivity index (χ1n) is 8.54. The molecule has 132 valence electrons. The fraction of sp³-hybridized carbons (Fsp3) is 0.0455. The molecular formula is C22H17N3O2. The summed E-state index contributed by atoms with van der Waals surface area (Å²) in [5.41, 5.74) is 3.87. The van der Waals surface area contributed by atoms with Crippen LogP contribution < -0.4 is 5.32 Å². The number of aromatic nitrogens is 2. The number of oxazole rings is 1. The van der Waals surface area contributed by atoms with E-state index in [0.717, 1.165) is 5.56 Å². The molecule has 0 unspecified atom stereocenters. The van der Waals surface area contributed by atoms with E-state index in [1.54, 1.807) is 36.8 Å². The summed E-state index contributed by atoms with van der Waals surface area (Å²) in [5.74, 6) is 0.823. The summed E-state index contributed by atoms with van der Waals surface area (Å²) in [6.45, 7) is 2.03. The van der Waals surface area contributed by atoms with Crippen molar-refractivity contribution in [3.8, 4) is 22.8 Å². The molecule has 4 aromatic rings. The molecule has 0 aliphatic carbocycles. The third-order valence-corrected chi connectivity index (χ3v) is 4.16. The molecule has 0 aliphatic heterocycles. The number of amides is 1. The fourth-order valence-corrected chi connectivity index (χ4v) is 2.75. The molecule has 2 heterocycles. The highest BCUT2D eigenvalue weighted by Crippen LogP contribution is 2.28. The van der Waals surface area contributed by atoms with Crippen LogP contribution in [0.25, 0.3) is 22.8 Å². The summed E-state index contributed by atoms with van der Waals surface area (Å²) in [6.07, 6.45) is 4.93. The maximum Gasteiger partial charge on any atom is 0.256 e. The average Bonchev–Trinajstić information content (AvgIpc) is 3.19. The second-order valence-electron chi connectivity index (χ2n) is 6.14. The first kappa shape index (κ1) is 16.7. The number of aryl methyl sites for hydroxylation is 1. The molecule has 0 spiro atoms. The molecule has 0 atom stereocenters. The van der Waals surface area contributed by atoms with Gasteiger partial charge < -0.3 is 9.73 Å². The first-order valence-corrected chi connectivity index (χ1v) is 8.54. The van der Waals surface area contributed by atoms with Crippen molar-refractivity contribution >= 4 is 11.6 Å². The van der Waals surface area contributed by atoms with Gasteiger partial charge in [0.05, 0.1) is 23.6 Å². The Hall–Kier alpha value is -3.73. The second-order valence-corrected chi connectivity index (χ2v) is 6.14. The van der Waals surface area contributed by atoms with Crippen molar-refractivity contribution in [2.75, 3.05) is 5.32 Å². The van der Waals surface area contributed by atoms with Gasteiger partial charge in [0.2, 0.25) is 5.89 Å². The van der Waals surface area contributed by atoms with Crippen LogP contribution in [-0.2, 0) is 0 Å². The van der Waals surface area contributed by atoms with Crippen LogP contribution in [0.3, 0.4) is 0 Å². The topological polar surface area (TPSA) is 68.0 Å². The number of nitrogens with one attached hydrogen (secondary N) is 1. The Labute approximate surface area is 156 Å². The van der Waals surface area contributed by atoms with Crippen LogP contribution in [0.15, 0.2) is 83.7 Å². The summed E-state index contributed by atoms with van der Waals surface area (Å²) in [5, 5.41) is 2.84. The minimum atomic E-state index is -0.242. The summed E-state index contributed by atoms with van der Waals surface area (Å²) < 4.78 is 5.93. The van der Waals surface area contributed by atoms with Crippen molar-refractivity contribution in [1.82, 2.24) is 9.97 Å². The zero-order valence-electron chi connectivity index (χ0n) is 14.7. The number of anilines is 1. The third kappa shape index (κ3) is 3.62. The van der Waals surface area contributed by atoms with E-state index in [4.69, 9.17) is 4.42 Å². The smallest absolute Gasteiger partial charge is 0.256 e. The molecule has 0 radical (unpaired) electrons. The molecule has 2 aromatic heterocycles. The van der Waals surface area contributed by atoms with E-state index >= 15 is 0 Å². The predicted molar refractivity (Wildman–Crippen MR) is 104 cm³/mol. The number of benzene rings is 2. The number of rotatable bonds is 4. The largest absolute Gasteiger partial charge is 0.436 e. The summed E-state index contributed by atoms with van der Waals surface area (Å²) >= 11 is 0. The van der Waals surface area contributed by atoms with Crippen LogP contribution in [0.2, 0.25) is 0 Å². The Morgan fingerprint density at radius 3 is 2.56 bits per heavy atom. The number of hydrogen-bond acceptors (Lipinski definition) is 4. The van der Waals surface area contributed by atoms with E-state index in [-0.39, 0.29) is 5.91 Å². The van der Waals surface area contributed by atoms with E-state index in [1.165, 1.54) is 5.56 Å². The quantitative estimate of drug-likeness (QED) is 0.561. The number of nitrogens with zero attached hydrogens (tertiary/aromatic N) is 2. The molecule has 0 bridgehead atoms. The van der Waals surface area contributed by atoms with Crippen LogP contribution in [0.4, 0.5) is 5.69 Å². The van der Waals surface area contributed by atoms with Crippen LogP contribution in [0.1, 0.15) is 15.9 Å². The lowest BCUT2D eigenvalue weighted by Crippen LogP contribution is -2.13. The van der Waals surface area contributed by atoms with Gasteiger partial charge in [-0.2, -0.15) is 0 Å². The van der Waals surface area contributed by atoms with E-state index in [9.17, 15) is 4.79 Å². The Morgan fingerprint density at radius 2 is 1.78 bits per heavy atom. The number of carbonyl (C=O) groups excluding carboxylic acids is 1. The number of carbonyl (C=O) groups is 1. The van der Waals surface area contributed by atoms with E-state index in [2.05, 4.69) is 15.3 Å². The fourth-order valence-electron chi connectivity index (χ4n) is 2.75. The highest BCUT2D eigenvalue weighted by atomic mass is 16.4. The van der Waals surface area contributed by atoms with Gasteiger partial charge in [-0.3, -0.25) is 9.78 Å². The van der Waals surface area contributed by atoms with E-state index in [0.29, 0.717) is 28.5 Å². The molecule has 0 fully saturated rings. The summed E-state index contributed by atoms with van der Waals surface area (Å²) in [6, 6.07) is 18.8. The van der Waals surface area contributed by atoms with Crippen LogP contribution >= 0.6 is 0 Å². The molecule has 0 saturated heterocycles. The summed E-state index contributed by atoms with van der Waals surface area (Å²) in [4.78, 5) is 21.1. The van der Waals surface area contributed by atoms with Gasteiger partial charge in [-0.1, -0.05) is 42.0 Å². The molecule has 0 aliphatic rings. The lowest BCUT2D eigenvalue weighted by Gasteiger charge is -2.08. The predicted octanol–water partition coefficient (Wildman–Crippen LogP) is 4.96. The van der Waals surface area contributed by atoms with Crippen LogP contribution in [-0.4, -0.2) is 15.9 Å². The van der Waals surface area contributed by atoms with Gasteiger partial charge in [0.25, 0.3) is 5.91 Å². The first-order chi connectivity index (χ1) is 13.2. The van der Waals surface area contributed by atoms with E-state index < -0.39 is 0 Å². The van der Waals surface area contributed by atoms with Gasteiger partial charge in [0.15, 0.2) is 5.76 Å². The van der Waals surface area contributed by atoms with Gasteiger partial charge in [-0.25, -0.2) is 4.98 Å². The molecule has 2 aromatic carbocycles. The molecule has 1 amide bonds. The zero-order chi connectivity index (χ0) is 18.6. The molecular weight excluding hydrogens is 338 g/mol.